The van der Waals surface area contributed by atoms with Crippen molar-refractivity contribution in [2.45, 2.75) is 19.3 Å². The molecule has 4 nitrogen and oxygen atoms in total. The van der Waals surface area contributed by atoms with Gasteiger partial charge in [0.1, 0.15) is 0 Å². The van der Waals surface area contributed by atoms with Crippen molar-refractivity contribution in [3.8, 4) is 0 Å². The molecule has 102 valence electrons. The van der Waals surface area contributed by atoms with Crippen LogP contribution in [0.2, 0.25) is 0 Å². The topological polar surface area (TPSA) is 33.1 Å². The Labute approximate surface area is 114 Å². The second-order valence-electron chi connectivity index (χ2n) is 5.31. The van der Waals surface area contributed by atoms with Gasteiger partial charge in [0.05, 0.1) is 11.0 Å². The van der Waals surface area contributed by atoms with Crippen molar-refractivity contribution in [3.63, 3.8) is 0 Å². The molecular weight excluding hydrogens is 236 g/mol. The van der Waals surface area contributed by atoms with Crippen LogP contribution in [0.15, 0.2) is 24.3 Å². The van der Waals surface area contributed by atoms with Crippen LogP contribution < -0.4 is 5.32 Å². The van der Waals surface area contributed by atoms with Crippen LogP contribution >= 0.6 is 0 Å². The highest BCUT2D eigenvalue weighted by molar-refractivity contribution is 5.78. The molecule has 0 saturated carbocycles. The number of anilines is 1. The predicted molar refractivity (Wildman–Crippen MR) is 79.5 cm³/mol. The summed E-state index contributed by atoms with van der Waals surface area (Å²) >= 11 is 0. The molecule has 1 aliphatic heterocycles. The number of benzene rings is 1. The Kier molecular flexibility index (Phi) is 3.69. The first-order chi connectivity index (χ1) is 9.34. The average Bonchev–Trinajstić information content (AvgIpc) is 3.04. The fourth-order valence-corrected chi connectivity index (χ4v) is 2.81. The molecule has 2 heterocycles. The molecule has 2 aromatic rings. The van der Waals surface area contributed by atoms with Crippen LogP contribution in [0.4, 0.5) is 5.95 Å². The summed E-state index contributed by atoms with van der Waals surface area (Å²) in [5.41, 5.74) is 2.25. The van der Waals surface area contributed by atoms with Crippen LogP contribution in [0.25, 0.3) is 11.0 Å². The number of nitrogens with zero attached hydrogens (tertiary/aromatic N) is 3. The number of aryl methyl sites for hydroxylation is 1. The summed E-state index contributed by atoms with van der Waals surface area (Å²) in [6, 6.07) is 8.26. The minimum atomic E-state index is 0.975. The number of para-hydroxylation sites is 2. The number of hydrogen-bond donors (Lipinski definition) is 1. The molecule has 0 aliphatic carbocycles. The van der Waals surface area contributed by atoms with Crippen molar-refractivity contribution in [2.75, 3.05) is 31.5 Å². The van der Waals surface area contributed by atoms with E-state index in [4.69, 9.17) is 0 Å². The van der Waals surface area contributed by atoms with Crippen LogP contribution in [0.1, 0.15) is 19.3 Å². The second-order valence-corrected chi connectivity index (χ2v) is 5.31. The summed E-state index contributed by atoms with van der Waals surface area (Å²) in [6.45, 7) is 4.77. The van der Waals surface area contributed by atoms with E-state index in [0.29, 0.717) is 0 Å². The molecule has 4 heteroatoms. The van der Waals surface area contributed by atoms with Gasteiger partial charge in [-0.25, -0.2) is 4.98 Å². The van der Waals surface area contributed by atoms with Crippen molar-refractivity contribution in [1.82, 2.24) is 14.5 Å². The van der Waals surface area contributed by atoms with Gasteiger partial charge in [0.15, 0.2) is 0 Å². The molecule has 0 atom stereocenters. The van der Waals surface area contributed by atoms with Gasteiger partial charge in [-0.2, -0.15) is 0 Å². The van der Waals surface area contributed by atoms with E-state index in [1.165, 1.54) is 44.4 Å². The molecule has 1 aliphatic rings. The van der Waals surface area contributed by atoms with Crippen LogP contribution in [-0.2, 0) is 7.05 Å². The Balaban J connectivity index is 1.54. The molecule has 3 rings (SSSR count). The lowest BCUT2D eigenvalue weighted by molar-refractivity contribution is 0.337. The summed E-state index contributed by atoms with van der Waals surface area (Å²) in [4.78, 5) is 7.17. The number of nitrogens with one attached hydrogen (secondary N) is 1. The maximum atomic E-state index is 4.62. The van der Waals surface area contributed by atoms with Gasteiger partial charge in [-0.15, -0.1) is 0 Å². The molecule has 0 unspecified atom stereocenters. The number of aromatic nitrogens is 2. The highest BCUT2D eigenvalue weighted by atomic mass is 15.2. The number of hydrogen-bond acceptors (Lipinski definition) is 3. The van der Waals surface area contributed by atoms with Gasteiger partial charge in [0.25, 0.3) is 0 Å². The number of rotatable bonds is 5. The molecule has 1 N–H and O–H groups in total. The standard InChI is InChI=1S/C15H22N4/c1-18-14-8-3-2-7-13(14)17-15(18)16-9-6-12-19-10-4-5-11-19/h2-3,7-8H,4-6,9-12H2,1H3,(H,16,17). The summed E-state index contributed by atoms with van der Waals surface area (Å²) in [6.07, 6.45) is 3.93. The first-order valence-corrected chi connectivity index (χ1v) is 7.22. The Hall–Kier alpha value is -1.55. The van der Waals surface area contributed by atoms with Crippen LogP contribution in [-0.4, -0.2) is 40.6 Å². The SMILES string of the molecule is Cn1c(NCCCN2CCCC2)nc2ccccc21. The molecule has 1 saturated heterocycles. The van der Waals surface area contributed by atoms with Crippen molar-refractivity contribution < 1.29 is 0 Å². The largest absolute Gasteiger partial charge is 0.356 e. The first-order valence-electron chi connectivity index (χ1n) is 7.22. The zero-order valence-corrected chi connectivity index (χ0v) is 11.6. The van der Waals surface area contributed by atoms with Gasteiger partial charge in [0.2, 0.25) is 5.95 Å². The van der Waals surface area contributed by atoms with E-state index in [1.807, 2.05) is 6.07 Å². The minimum absolute atomic E-state index is 0.975. The summed E-state index contributed by atoms with van der Waals surface area (Å²) in [5.74, 6) is 0.975. The number of imidazole rings is 1. The maximum absolute atomic E-state index is 4.62. The zero-order valence-electron chi connectivity index (χ0n) is 11.6. The van der Waals surface area contributed by atoms with Gasteiger partial charge in [-0.05, 0) is 51.0 Å². The first kappa shape index (κ1) is 12.5. The molecule has 0 bridgehead atoms. The van der Waals surface area contributed by atoms with E-state index in [0.717, 1.165) is 18.0 Å². The fraction of sp³-hybridized carbons (Fsp3) is 0.533. The minimum Gasteiger partial charge on any atom is -0.356 e. The normalized spacial score (nSPS) is 16.3. The number of fused-ring (bicyclic) bond motifs is 1. The molecule has 19 heavy (non-hydrogen) atoms. The zero-order chi connectivity index (χ0) is 13.1. The lowest BCUT2D eigenvalue weighted by Crippen LogP contribution is -2.22. The maximum Gasteiger partial charge on any atom is 0.203 e. The van der Waals surface area contributed by atoms with Gasteiger partial charge in [-0.3, -0.25) is 0 Å². The highest BCUT2D eigenvalue weighted by Gasteiger charge is 2.10. The Morgan fingerprint density at radius 3 is 2.79 bits per heavy atom. The Morgan fingerprint density at radius 2 is 2.00 bits per heavy atom. The fourth-order valence-electron chi connectivity index (χ4n) is 2.81. The van der Waals surface area contributed by atoms with Gasteiger partial charge in [-0.1, -0.05) is 12.1 Å². The van der Waals surface area contributed by atoms with Crippen molar-refractivity contribution >= 4 is 17.0 Å². The van der Waals surface area contributed by atoms with E-state index in [2.05, 4.69) is 45.0 Å². The molecule has 1 aromatic heterocycles. The molecule has 0 amide bonds. The third-order valence-corrected chi connectivity index (χ3v) is 3.92. The summed E-state index contributed by atoms with van der Waals surface area (Å²) in [7, 11) is 2.07. The van der Waals surface area contributed by atoms with Crippen LogP contribution in [0.5, 0.6) is 0 Å². The second kappa shape index (κ2) is 5.61. The summed E-state index contributed by atoms with van der Waals surface area (Å²) < 4.78 is 2.13. The van der Waals surface area contributed by atoms with Gasteiger partial charge < -0.3 is 14.8 Å². The van der Waals surface area contributed by atoms with Gasteiger partial charge in [0, 0.05) is 13.6 Å². The third-order valence-electron chi connectivity index (χ3n) is 3.92. The molecule has 1 aromatic carbocycles. The lowest BCUT2D eigenvalue weighted by atomic mass is 10.3. The summed E-state index contributed by atoms with van der Waals surface area (Å²) in [5, 5.41) is 3.45. The van der Waals surface area contributed by atoms with Crippen LogP contribution in [0.3, 0.4) is 0 Å². The lowest BCUT2D eigenvalue weighted by Gasteiger charge is -2.14. The molecule has 0 radical (unpaired) electrons. The van der Waals surface area contributed by atoms with E-state index in [9.17, 15) is 0 Å². The third kappa shape index (κ3) is 2.73. The van der Waals surface area contributed by atoms with E-state index in [-0.39, 0.29) is 0 Å². The number of likely N-dealkylation sites (tertiary alicyclic amines) is 1. The molecule has 1 fully saturated rings. The van der Waals surface area contributed by atoms with Crippen LogP contribution in [0, 0.1) is 0 Å². The predicted octanol–water partition coefficient (Wildman–Crippen LogP) is 2.47. The van der Waals surface area contributed by atoms with Crippen molar-refractivity contribution in [2.24, 2.45) is 7.05 Å². The van der Waals surface area contributed by atoms with E-state index in [1.54, 1.807) is 0 Å². The molecule has 0 spiro atoms. The smallest absolute Gasteiger partial charge is 0.203 e. The van der Waals surface area contributed by atoms with E-state index < -0.39 is 0 Å². The van der Waals surface area contributed by atoms with Gasteiger partial charge >= 0.3 is 0 Å². The van der Waals surface area contributed by atoms with Crippen molar-refractivity contribution in [1.29, 1.82) is 0 Å². The van der Waals surface area contributed by atoms with Crippen molar-refractivity contribution in [3.05, 3.63) is 24.3 Å². The quantitative estimate of drug-likeness (QED) is 0.836. The molecular formula is C15H22N4. The Morgan fingerprint density at radius 1 is 1.21 bits per heavy atom. The van der Waals surface area contributed by atoms with E-state index >= 15 is 0 Å². The monoisotopic (exact) mass is 258 g/mol. The highest BCUT2D eigenvalue weighted by Crippen LogP contribution is 2.17. The Bertz CT molecular complexity index is 540. The average molecular weight is 258 g/mol.